The molecule has 0 aromatic carbocycles. The summed E-state index contributed by atoms with van der Waals surface area (Å²) < 4.78 is 53.3. The van der Waals surface area contributed by atoms with Gasteiger partial charge in [-0.3, -0.25) is 4.18 Å². The van der Waals surface area contributed by atoms with Crippen molar-refractivity contribution in [2.45, 2.75) is 45.6 Å². The van der Waals surface area contributed by atoms with Gasteiger partial charge in [-0.25, -0.2) is 8.42 Å². The second-order valence-electron chi connectivity index (χ2n) is 4.77. The Morgan fingerprint density at radius 1 is 1.11 bits per heavy atom. The molecule has 0 spiro atoms. The first-order valence-corrected chi connectivity index (χ1v) is 9.87. The summed E-state index contributed by atoms with van der Waals surface area (Å²) >= 11 is 0. The number of hydrogen-bond donors (Lipinski definition) is 0. The van der Waals surface area contributed by atoms with Gasteiger partial charge in [0.25, 0.3) is 10.1 Å². The van der Waals surface area contributed by atoms with E-state index in [9.17, 15) is 16.8 Å². The van der Waals surface area contributed by atoms with Crippen LogP contribution in [-0.2, 0) is 24.3 Å². The van der Waals surface area contributed by atoms with Gasteiger partial charge in [0.05, 0.1) is 18.1 Å². The molecule has 0 amide bonds. The molecule has 0 aromatic rings. The highest BCUT2D eigenvalue weighted by Gasteiger charge is 2.34. The summed E-state index contributed by atoms with van der Waals surface area (Å²) in [4.78, 5) is 0. The summed E-state index contributed by atoms with van der Waals surface area (Å²) in [5.74, 6) is 0.0760. The lowest BCUT2D eigenvalue weighted by Gasteiger charge is -2.23. The molecule has 19 heavy (non-hydrogen) atoms. The minimum atomic E-state index is -3.52. The molecule has 0 bridgehead atoms. The minimum absolute atomic E-state index is 0.0264. The van der Waals surface area contributed by atoms with Crippen molar-refractivity contribution >= 4 is 20.1 Å². The quantitative estimate of drug-likeness (QED) is 0.623. The lowest BCUT2D eigenvalue weighted by atomic mass is 10.2. The molecule has 1 rings (SSSR count). The van der Waals surface area contributed by atoms with Crippen LogP contribution in [0.25, 0.3) is 0 Å². The lowest BCUT2D eigenvalue weighted by Crippen LogP contribution is -2.40. The van der Waals surface area contributed by atoms with Gasteiger partial charge in [-0.2, -0.15) is 12.7 Å². The van der Waals surface area contributed by atoms with Crippen molar-refractivity contribution in [1.82, 2.24) is 4.31 Å². The average molecular weight is 313 g/mol. The van der Waals surface area contributed by atoms with Crippen LogP contribution in [0, 0.1) is 0 Å². The molecule has 0 unspecified atom stereocenters. The molecule has 1 heterocycles. The van der Waals surface area contributed by atoms with E-state index in [1.54, 1.807) is 6.92 Å². The maximum atomic E-state index is 12.0. The third-order valence-electron chi connectivity index (χ3n) is 3.04. The summed E-state index contributed by atoms with van der Waals surface area (Å²) in [7, 11) is -6.80. The lowest BCUT2D eigenvalue weighted by molar-refractivity contribution is 0.237. The molecule has 0 saturated carbocycles. The van der Waals surface area contributed by atoms with Gasteiger partial charge >= 0.3 is 0 Å². The maximum absolute atomic E-state index is 12.0. The molecular weight excluding hydrogens is 290 g/mol. The van der Waals surface area contributed by atoms with Crippen LogP contribution in [-0.4, -0.2) is 51.8 Å². The first-order valence-electron chi connectivity index (χ1n) is 6.69. The van der Waals surface area contributed by atoms with Gasteiger partial charge in [0.2, 0.25) is 10.0 Å². The molecule has 8 heteroatoms. The Hall–Kier alpha value is -0.180. The minimum Gasteiger partial charge on any atom is -0.268 e. The van der Waals surface area contributed by atoms with Crippen LogP contribution < -0.4 is 0 Å². The Morgan fingerprint density at radius 2 is 1.74 bits per heavy atom. The third-order valence-corrected chi connectivity index (χ3v) is 6.56. The number of sulfonamides is 1. The van der Waals surface area contributed by atoms with Crippen LogP contribution in [0.3, 0.4) is 0 Å². The van der Waals surface area contributed by atoms with E-state index < -0.39 is 20.1 Å². The highest BCUT2D eigenvalue weighted by Crippen LogP contribution is 2.22. The summed E-state index contributed by atoms with van der Waals surface area (Å²) in [6, 6.07) is -0.344. The van der Waals surface area contributed by atoms with E-state index in [0.29, 0.717) is 25.8 Å². The molecule has 1 aliphatic heterocycles. The predicted octanol–water partition coefficient (Wildman–Crippen LogP) is 0.947. The molecule has 0 aliphatic carbocycles. The van der Waals surface area contributed by atoms with Gasteiger partial charge in [0, 0.05) is 12.6 Å². The molecule has 0 aromatic heterocycles. The van der Waals surface area contributed by atoms with E-state index in [0.717, 1.165) is 6.42 Å². The van der Waals surface area contributed by atoms with Crippen molar-refractivity contribution in [2.75, 3.05) is 24.7 Å². The zero-order chi connectivity index (χ0) is 14.5. The van der Waals surface area contributed by atoms with Crippen LogP contribution in [0.2, 0.25) is 0 Å². The number of nitrogens with zero attached hydrogens (tertiary/aromatic N) is 1. The van der Waals surface area contributed by atoms with Gasteiger partial charge in [-0.1, -0.05) is 13.8 Å². The van der Waals surface area contributed by atoms with Gasteiger partial charge in [-0.15, -0.1) is 0 Å². The molecule has 1 aliphatic rings. The highest BCUT2D eigenvalue weighted by atomic mass is 32.2. The summed E-state index contributed by atoms with van der Waals surface area (Å²) in [6.45, 7) is 3.97. The Morgan fingerprint density at radius 3 is 2.32 bits per heavy atom. The molecule has 1 fully saturated rings. The topological polar surface area (TPSA) is 80.8 Å². The first-order chi connectivity index (χ1) is 8.82. The Labute approximate surface area is 116 Å². The zero-order valence-electron chi connectivity index (χ0n) is 11.5. The van der Waals surface area contributed by atoms with Gasteiger partial charge < -0.3 is 0 Å². The van der Waals surface area contributed by atoms with Crippen LogP contribution >= 0.6 is 0 Å². The van der Waals surface area contributed by atoms with E-state index in [2.05, 4.69) is 0 Å². The SMILES string of the molecule is CCCS(=O)(=O)OC[C@H]1CCCN1S(=O)(=O)CCC. The van der Waals surface area contributed by atoms with Crippen molar-refractivity contribution in [3.05, 3.63) is 0 Å². The molecule has 0 N–H and O–H groups in total. The van der Waals surface area contributed by atoms with Crippen LogP contribution in [0.4, 0.5) is 0 Å². The Balaban J connectivity index is 2.63. The van der Waals surface area contributed by atoms with Gasteiger partial charge in [-0.05, 0) is 25.7 Å². The predicted molar refractivity (Wildman–Crippen MR) is 73.8 cm³/mol. The fourth-order valence-corrected chi connectivity index (χ4v) is 4.97. The van der Waals surface area contributed by atoms with E-state index in [1.165, 1.54) is 4.31 Å². The standard InChI is InChI=1S/C11H23NO5S2/c1-3-8-18(13,14)12-7-5-6-11(12)10-17-19(15,16)9-4-2/h11H,3-10H2,1-2H3/t11-/m1/s1. The smallest absolute Gasteiger partial charge is 0.267 e. The van der Waals surface area contributed by atoms with Crippen molar-refractivity contribution in [3.8, 4) is 0 Å². The van der Waals surface area contributed by atoms with Crippen LogP contribution in [0.15, 0.2) is 0 Å². The molecular formula is C11H23NO5S2. The number of hydrogen-bond acceptors (Lipinski definition) is 5. The molecule has 1 atom stereocenters. The van der Waals surface area contributed by atoms with E-state index >= 15 is 0 Å². The number of rotatable bonds is 8. The second-order valence-corrected chi connectivity index (χ2v) is 8.57. The molecule has 114 valence electrons. The van der Waals surface area contributed by atoms with E-state index in [-0.39, 0.29) is 24.2 Å². The van der Waals surface area contributed by atoms with E-state index in [4.69, 9.17) is 4.18 Å². The summed E-state index contributed by atoms with van der Waals surface area (Å²) in [6.07, 6.45) is 2.46. The molecule has 6 nitrogen and oxygen atoms in total. The van der Waals surface area contributed by atoms with Crippen molar-refractivity contribution in [3.63, 3.8) is 0 Å². The van der Waals surface area contributed by atoms with Gasteiger partial charge in [0.15, 0.2) is 0 Å². The zero-order valence-corrected chi connectivity index (χ0v) is 13.2. The van der Waals surface area contributed by atoms with Crippen LogP contribution in [0.1, 0.15) is 39.5 Å². The normalized spacial score (nSPS) is 21.9. The van der Waals surface area contributed by atoms with E-state index in [1.807, 2.05) is 6.92 Å². The fourth-order valence-electron chi connectivity index (χ4n) is 2.21. The Kier molecular flexibility index (Phi) is 6.22. The van der Waals surface area contributed by atoms with Crippen molar-refractivity contribution in [2.24, 2.45) is 0 Å². The largest absolute Gasteiger partial charge is 0.268 e. The van der Waals surface area contributed by atoms with Gasteiger partial charge in [0.1, 0.15) is 0 Å². The summed E-state index contributed by atoms with van der Waals surface area (Å²) in [5.41, 5.74) is 0. The first kappa shape index (κ1) is 16.9. The molecule has 0 radical (unpaired) electrons. The molecule has 1 saturated heterocycles. The third kappa shape index (κ3) is 5.02. The van der Waals surface area contributed by atoms with Crippen molar-refractivity contribution in [1.29, 1.82) is 0 Å². The monoisotopic (exact) mass is 313 g/mol. The van der Waals surface area contributed by atoms with Crippen molar-refractivity contribution < 1.29 is 21.0 Å². The van der Waals surface area contributed by atoms with Crippen LogP contribution in [0.5, 0.6) is 0 Å². The highest BCUT2D eigenvalue weighted by molar-refractivity contribution is 7.89. The second kappa shape index (κ2) is 7.01. The maximum Gasteiger partial charge on any atom is 0.267 e. The summed E-state index contributed by atoms with van der Waals surface area (Å²) in [5, 5.41) is 0. The fraction of sp³-hybridized carbons (Fsp3) is 1.00. The average Bonchev–Trinajstić information content (AvgIpc) is 2.75. The Bertz CT molecular complexity index is 471.